The van der Waals surface area contributed by atoms with E-state index in [0.29, 0.717) is 16.9 Å². The fourth-order valence-corrected chi connectivity index (χ4v) is 3.76. The van der Waals surface area contributed by atoms with E-state index in [1.54, 1.807) is 30.0 Å². The zero-order valence-electron chi connectivity index (χ0n) is 11.8. The molecule has 0 saturated heterocycles. The van der Waals surface area contributed by atoms with Crippen molar-refractivity contribution >= 4 is 39.1 Å². The summed E-state index contributed by atoms with van der Waals surface area (Å²) in [6, 6.07) is 11.8. The molecule has 0 bridgehead atoms. The van der Waals surface area contributed by atoms with Crippen LogP contribution in [0.5, 0.6) is 0 Å². The maximum absolute atomic E-state index is 12.4. The van der Waals surface area contributed by atoms with Crippen LogP contribution in [0.4, 0.5) is 11.4 Å². The van der Waals surface area contributed by atoms with Crippen molar-refractivity contribution in [1.82, 2.24) is 0 Å². The van der Waals surface area contributed by atoms with Crippen molar-refractivity contribution in [3.8, 4) is 0 Å². The second kappa shape index (κ2) is 5.66. The van der Waals surface area contributed by atoms with Crippen molar-refractivity contribution in [3.63, 3.8) is 0 Å². The Labute approximate surface area is 133 Å². The van der Waals surface area contributed by atoms with Gasteiger partial charge in [-0.15, -0.1) is 11.8 Å². The van der Waals surface area contributed by atoms with Gasteiger partial charge in [-0.3, -0.25) is 9.52 Å². The Balaban J connectivity index is 1.86. The number of hydrogen-bond donors (Lipinski definition) is 2. The molecule has 0 aromatic heterocycles. The molecule has 2 aromatic carbocycles. The molecular weight excluding hydrogens is 320 g/mol. The third-order valence-corrected chi connectivity index (χ3v) is 5.48. The predicted octanol–water partition coefficient (Wildman–Crippen LogP) is 2.70. The fraction of sp³-hybridized carbons (Fsp3) is 0.133. The zero-order valence-corrected chi connectivity index (χ0v) is 13.4. The molecule has 0 saturated carbocycles. The molecule has 0 aliphatic carbocycles. The quantitative estimate of drug-likeness (QED) is 0.843. The van der Waals surface area contributed by atoms with Crippen LogP contribution in [0.15, 0.2) is 52.3 Å². The third kappa shape index (κ3) is 2.95. The fourth-order valence-electron chi connectivity index (χ4n) is 2.25. The molecule has 1 heterocycles. The molecule has 7 heteroatoms. The number of hydrogen-bond acceptors (Lipinski definition) is 4. The number of carbonyl (C=O) groups excluding carboxylic acids is 1. The van der Waals surface area contributed by atoms with Gasteiger partial charge in [0, 0.05) is 16.3 Å². The molecular formula is C15H14N2O3S2. The first-order valence-electron chi connectivity index (χ1n) is 6.57. The molecule has 1 aliphatic rings. The predicted molar refractivity (Wildman–Crippen MR) is 87.8 cm³/mol. The molecule has 0 radical (unpaired) electrons. The van der Waals surface area contributed by atoms with Gasteiger partial charge in [0.2, 0.25) is 5.91 Å². The highest BCUT2D eigenvalue weighted by Crippen LogP contribution is 2.27. The minimum absolute atomic E-state index is 0.120. The van der Waals surface area contributed by atoms with E-state index < -0.39 is 10.0 Å². The topological polar surface area (TPSA) is 75.3 Å². The van der Waals surface area contributed by atoms with E-state index in [9.17, 15) is 13.2 Å². The van der Waals surface area contributed by atoms with Gasteiger partial charge in [-0.1, -0.05) is 0 Å². The van der Waals surface area contributed by atoms with Crippen LogP contribution in [0.1, 0.15) is 5.56 Å². The van der Waals surface area contributed by atoms with E-state index in [0.717, 1.165) is 4.90 Å². The molecule has 1 amide bonds. The monoisotopic (exact) mass is 334 g/mol. The largest absolute Gasteiger partial charge is 0.326 e. The van der Waals surface area contributed by atoms with Crippen molar-refractivity contribution in [1.29, 1.82) is 0 Å². The lowest BCUT2D eigenvalue weighted by Crippen LogP contribution is -2.13. The highest BCUT2D eigenvalue weighted by molar-refractivity contribution is 7.98. The molecule has 0 atom stereocenters. The van der Waals surface area contributed by atoms with E-state index in [4.69, 9.17) is 0 Å². The van der Waals surface area contributed by atoms with Gasteiger partial charge in [-0.25, -0.2) is 8.42 Å². The second-order valence-corrected chi connectivity index (χ2v) is 7.44. The molecule has 3 rings (SSSR count). The number of sulfonamides is 1. The number of rotatable bonds is 4. The number of nitrogens with one attached hydrogen (secondary N) is 2. The Morgan fingerprint density at radius 3 is 2.55 bits per heavy atom. The van der Waals surface area contributed by atoms with Gasteiger partial charge in [-0.2, -0.15) is 0 Å². The van der Waals surface area contributed by atoms with Crippen LogP contribution in [0.25, 0.3) is 0 Å². The molecule has 0 spiro atoms. The highest BCUT2D eigenvalue weighted by Gasteiger charge is 2.21. The third-order valence-electron chi connectivity index (χ3n) is 3.35. The Bertz CT molecular complexity index is 830. The van der Waals surface area contributed by atoms with Crippen molar-refractivity contribution in [3.05, 3.63) is 48.0 Å². The SMILES string of the molecule is CSc1ccc(NS(=O)(=O)c2ccc3c(c2)CC(=O)N3)cc1. The number of amides is 1. The first-order chi connectivity index (χ1) is 10.5. The number of fused-ring (bicyclic) bond motifs is 1. The normalized spacial score (nSPS) is 13.6. The lowest BCUT2D eigenvalue weighted by molar-refractivity contribution is -0.115. The van der Waals surface area contributed by atoms with E-state index in [2.05, 4.69) is 10.0 Å². The lowest BCUT2D eigenvalue weighted by atomic mass is 10.2. The van der Waals surface area contributed by atoms with Gasteiger partial charge < -0.3 is 5.32 Å². The highest BCUT2D eigenvalue weighted by atomic mass is 32.2. The summed E-state index contributed by atoms with van der Waals surface area (Å²) in [4.78, 5) is 12.5. The van der Waals surface area contributed by atoms with Crippen LogP contribution in [-0.4, -0.2) is 20.6 Å². The Kier molecular flexibility index (Phi) is 3.84. The van der Waals surface area contributed by atoms with Crippen LogP contribution in [0, 0.1) is 0 Å². The smallest absolute Gasteiger partial charge is 0.261 e. The summed E-state index contributed by atoms with van der Waals surface area (Å²) < 4.78 is 27.4. The van der Waals surface area contributed by atoms with Crippen molar-refractivity contribution in [2.75, 3.05) is 16.3 Å². The van der Waals surface area contributed by atoms with Crippen molar-refractivity contribution < 1.29 is 13.2 Å². The van der Waals surface area contributed by atoms with E-state index in [-0.39, 0.29) is 17.2 Å². The molecule has 2 N–H and O–H groups in total. The average Bonchev–Trinajstić information content (AvgIpc) is 2.86. The summed E-state index contributed by atoms with van der Waals surface area (Å²) in [6.07, 6.45) is 2.17. The van der Waals surface area contributed by atoms with E-state index >= 15 is 0 Å². The molecule has 5 nitrogen and oxygen atoms in total. The summed E-state index contributed by atoms with van der Waals surface area (Å²) in [5, 5.41) is 2.68. The van der Waals surface area contributed by atoms with E-state index in [1.165, 1.54) is 12.1 Å². The molecule has 0 unspecified atom stereocenters. The Morgan fingerprint density at radius 2 is 1.86 bits per heavy atom. The minimum atomic E-state index is -3.67. The van der Waals surface area contributed by atoms with Crippen LogP contribution >= 0.6 is 11.8 Å². The van der Waals surface area contributed by atoms with Crippen LogP contribution < -0.4 is 10.0 Å². The second-order valence-electron chi connectivity index (χ2n) is 4.88. The number of thioether (sulfide) groups is 1. The first kappa shape index (κ1) is 14.9. The summed E-state index contributed by atoms with van der Waals surface area (Å²) >= 11 is 1.59. The van der Waals surface area contributed by atoms with Gasteiger partial charge in [0.1, 0.15) is 0 Å². The summed E-state index contributed by atoms with van der Waals surface area (Å²) in [5.74, 6) is -0.120. The lowest BCUT2D eigenvalue weighted by Gasteiger charge is -2.09. The van der Waals surface area contributed by atoms with Crippen LogP contribution in [0.2, 0.25) is 0 Å². The van der Waals surface area contributed by atoms with Gasteiger partial charge in [0.25, 0.3) is 10.0 Å². The first-order valence-corrected chi connectivity index (χ1v) is 9.28. The Hall–Kier alpha value is -1.99. The molecule has 2 aromatic rings. The van der Waals surface area contributed by atoms with Gasteiger partial charge in [-0.05, 0) is 54.3 Å². The average molecular weight is 334 g/mol. The standard InChI is InChI=1S/C15H14N2O3S2/c1-21-12-4-2-11(3-5-12)17-22(19,20)13-6-7-14-10(8-13)9-15(18)16-14/h2-8,17H,9H2,1H3,(H,16,18). The molecule has 1 aliphatic heterocycles. The Morgan fingerprint density at radius 1 is 1.14 bits per heavy atom. The summed E-state index contributed by atoms with van der Waals surface area (Å²) in [5.41, 5.74) is 1.88. The van der Waals surface area contributed by atoms with Crippen LogP contribution in [0.3, 0.4) is 0 Å². The van der Waals surface area contributed by atoms with Gasteiger partial charge in [0.15, 0.2) is 0 Å². The van der Waals surface area contributed by atoms with Crippen molar-refractivity contribution in [2.24, 2.45) is 0 Å². The minimum Gasteiger partial charge on any atom is -0.326 e. The van der Waals surface area contributed by atoms with E-state index in [1.807, 2.05) is 18.4 Å². The number of benzene rings is 2. The van der Waals surface area contributed by atoms with Crippen LogP contribution in [-0.2, 0) is 21.2 Å². The maximum atomic E-state index is 12.4. The molecule has 22 heavy (non-hydrogen) atoms. The summed E-state index contributed by atoms with van der Waals surface area (Å²) in [7, 11) is -3.67. The van der Waals surface area contributed by atoms with Gasteiger partial charge >= 0.3 is 0 Å². The molecule has 114 valence electrons. The maximum Gasteiger partial charge on any atom is 0.261 e. The zero-order chi connectivity index (χ0) is 15.7. The summed E-state index contributed by atoms with van der Waals surface area (Å²) in [6.45, 7) is 0. The number of carbonyl (C=O) groups is 1. The molecule has 0 fully saturated rings. The van der Waals surface area contributed by atoms with Crippen molar-refractivity contribution in [2.45, 2.75) is 16.2 Å². The number of anilines is 2. The van der Waals surface area contributed by atoms with Gasteiger partial charge in [0.05, 0.1) is 11.3 Å².